The summed E-state index contributed by atoms with van der Waals surface area (Å²) in [7, 11) is 0. The third kappa shape index (κ3) is 2.74. The Bertz CT molecular complexity index is 216. The maximum atomic E-state index is 10.4. The number of aliphatic hydroxyl groups is 2. The van der Waals surface area contributed by atoms with E-state index in [1.165, 1.54) is 0 Å². The molecule has 0 saturated heterocycles. The summed E-state index contributed by atoms with van der Waals surface area (Å²) in [5, 5.41) is 17.3. The second-order valence-electron chi connectivity index (χ2n) is 2.45. The predicted octanol–water partition coefficient (Wildman–Crippen LogP) is 1.29. The number of hydrogen-bond acceptors (Lipinski definition) is 4. The lowest BCUT2D eigenvalue weighted by Crippen LogP contribution is -2.09. The van der Waals surface area contributed by atoms with Crippen LogP contribution in [0.3, 0.4) is 0 Å². The molecule has 0 rings (SSSR count). The highest BCUT2D eigenvalue weighted by Gasteiger charge is 2.16. The Morgan fingerprint density at radius 1 is 1.15 bits per heavy atom. The summed E-state index contributed by atoms with van der Waals surface area (Å²) in [5.74, 6) is -0.537. The van der Waals surface area contributed by atoms with Gasteiger partial charge in [0.05, 0.1) is 12.5 Å². The van der Waals surface area contributed by atoms with E-state index in [1.807, 2.05) is 0 Å². The molecule has 0 atom stereocenters. The quantitative estimate of drug-likeness (QED) is 0.383. The highest BCUT2D eigenvalue weighted by molar-refractivity contribution is 5.81. The van der Waals surface area contributed by atoms with Crippen LogP contribution in [0.4, 0.5) is 0 Å². The van der Waals surface area contributed by atoms with Crippen molar-refractivity contribution in [1.29, 1.82) is 0 Å². The molecule has 0 spiro atoms. The lowest BCUT2D eigenvalue weighted by atomic mass is 9.91. The van der Waals surface area contributed by atoms with E-state index in [1.54, 1.807) is 6.92 Å². The minimum atomic E-state index is -0.537. The summed E-state index contributed by atoms with van der Waals surface area (Å²) in [6.45, 7) is 1.74. The number of hydrogen-bond donors (Lipinski definition) is 2. The Balaban J connectivity index is 4.87. The first-order valence-corrected chi connectivity index (χ1v) is 3.84. The van der Waals surface area contributed by atoms with Gasteiger partial charge in [0, 0.05) is 17.1 Å². The molecule has 13 heavy (non-hydrogen) atoms. The topological polar surface area (TPSA) is 74.6 Å². The number of carbonyl (C=O) groups is 2. The predicted molar refractivity (Wildman–Crippen MR) is 47.3 cm³/mol. The van der Waals surface area contributed by atoms with Crippen LogP contribution in [0.2, 0.25) is 0 Å². The molecule has 0 saturated carbocycles. The van der Waals surface area contributed by atoms with Crippen molar-refractivity contribution in [3.05, 3.63) is 23.7 Å². The summed E-state index contributed by atoms with van der Waals surface area (Å²) in [6, 6.07) is 0. The van der Waals surface area contributed by atoms with Crippen LogP contribution in [0, 0.1) is 5.92 Å². The van der Waals surface area contributed by atoms with Gasteiger partial charge in [-0.15, -0.1) is 0 Å². The van der Waals surface area contributed by atoms with Gasteiger partial charge in [0.1, 0.15) is 12.6 Å². The average Bonchev–Trinajstić information content (AvgIpc) is 2.18. The zero-order chi connectivity index (χ0) is 10.3. The van der Waals surface area contributed by atoms with Crippen molar-refractivity contribution >= 4 is 12.6 Å². The van der Waals surface area contributed by atoms with Crippen LogP contribution < -0.4 is 0 Å². The van der Waals surface area contributed by atoms with Gasteiger partial charge in [-0.2, -0.15) is 0 Å². The van der Waals surface area contributed by atoms with Crippen LogP contribution in [0.25, 0.3) is 0 Å². The van der Waals surface area contributed by atoms with Gasteiger partial charge in [0.25, 0.3) is 0 Å². The van der Waals surface area contributed by atoms with Crippen LogP contribution in [-0.4, -0.2) is 22.8 Å². The number of allylic oxidation sites excluding steroid dienone is 2. The lowest BCUT2D eigenvalue weighted by molar-refractivity contribution is -0.105. The fraction of sp³-hybridized carbons (Fsp3) is 0.333. The van der Waals surface area contributed by atoms with E-state index in [9.17, 15) is 9.59 Å². The molecule has 0 radical (unpaired) electrons. The fourth-order valence-electron chi connectivity index (χ4n) is 1.07. The zero-order valence-electron chi connectivity index (χ0n) is 7.30. The number of rotatable bonds is 5. The molecule has 0 aromatic heterocycles. The third-order valence-electron chi connectivity index (χ3n) is 1.78. The van der Waals surface area contributed by atoms with Crippen molar-refractivity contribution in [2.24, 2.45) is 5.92 Å². The lowest BCUT2D eigenvalue weighted by Gasteiger charge is -2.11. The molecule has 0 heterocycles. The monoisotopic (exact) mass is 184 g/mol. The first-order chi connectivity index (χ1) is 6.24. The van der Waals surface area contributed by atoms with Gasteiger partial charge >= 0.3 is 0 Å². The van der Waals surface area contributed by atoms with Gasteiger partial charge in [-0.3, -0.25) is 9.59 Å². The van der Waals surface area contributed by atoms with E-state index in [4.69, 9.17) is 10.2 Å². The molecule has 0 fully saturated rings. The van der Waals surface area contributed by atoms with E-state index in [-0.39, 0.29) is 11.1 Å². The number of carbonyl (C=O) groups excluding carboxylic acids is 2. The molecule has 4 heteroatoms. The molecule has 0 aromatic carbocycles. The fourth-order valence-corrected chi connectivity index (χ4v) is 1.07. The highest BCUT2D eigenvalue weighted by Crippen LogP contribution is 2.20. The second-order valence-corrected chi connectivity index (χ2v) is 2.45. The molecule has 0 aliphatic heterocycles. The van der Waals surface area contributed by atoms with E-state index >= 15 is 0 Å². The molecule has 72 valence electrons. The van der Waals surface area contributed by atoms with E-state index in [0.717, 1.165) is 0 Å². The number of aliphatic hydroxyl groups excluding tert-OH is 2. The average molecular weight is 184 g/mol. The minimum Gasteiger partial charge on any atom is -0.515 e. The van der Waals surface area contributed by atoms with Crippen molar-refractivity contribution < 1.29 is 19.8 Å². The van der Waals surface area contributed by atoms with Crippen molar-refractivity contribution in [3.63, 3.8) is 0 Å². The molecule has 2 N–H and O–H groups in total. The molecule has 0 unspecified atom stereocenters. The van der Waals surface area contributed by atoms with E-state index in [2.05, 4.69) is 0 Å². The van der Waals surface area contributed by atoms with Crippen LogP contribution in [0.15, 0.2) is 23.7 Å². The van der Waals surface area contributed by atoms with Gasteiger partial charge in [0.2, 0.25) is 0 Å². The normalized spacial score (nSPS) is 13.1. The molecular formula is C9H12O4. The van der Waals surface area contributed by atoms with Crippen molar-refractivity contribution in [3.8, 4) is 0 Å². The van der Waals surface area contributed by atoms with E-state index < -0.39 is 5.92 Å². The van der Waals surface area contributed by atoms with Crippen molar-refractivity contribution in [1.82, 2.24) is 0 Å². The largest absolute Gasteiger partial charge is 0.515 e. The molecule has 0 aliphatic carbocycles. The summed E-state index contributed by atoms with van der Waals surface area (Å²) in [6.07, 6.45) is 2.67. The van der Waals surface area contributed by atoms with Crippen LogP contribution in [-0.2, 0) is 9.59 Å². The van der Waals surface area contributed by atoms with Crippen LogP contribution >= 0.6 is 0 Å². The third-order valence-corrected chi connectivity index (χ3v) is 1.78. The minimum absolute atomic E-state index is 0.0786. The zero-order valence-corrected chi connectivity index (χ0v) is 7.30. The van der Waals surface area contributed by atoms with Crippen molar-refractivity contribution in [2.45, 2.75) is 13.3 Å². The highest BCUT2D eigenvalue weighted by atomic mass is 16.2. The summed E-state index contributed by atoms with van der Waals surface area (Å²) >= 11 is 0. The summed E-state index contributed by atoms with van der Waals surface area (Å²) in [4.78, 5) is 20.8. The molecule has 0 aliphatic rings. The maximum Gasteiger partial charge on any atom is 0.149 e. The Hall–Kier alpha value is -1.58. The molecule has 0 bridgehead atoms. The maximum absolute atomic E-state index is 10.4. The van der Waals surface area contributed by atoms with Crippen LogP contribution in [0.1, 0.15) is 13.3 Å². The standard InChI is InChI=1S/C9H12O4/c1-2-9(7(3-10)4-11)8(5-12)6-13/h3-6,9-10,12H,2H2,1H3/b7-3+,8-5+. The van der Waals surface area contributed by atoms with Gasteiger partial charge in [-0.1, -0.05) is 6.92 Å². The molecule has 0 amide bonds. The smallest absolute Gasteiger partial charge is 0.149 e. The van der Waals surface area contributed by atoms with Gasteiger partial charge in [-0.25, -0.2) is 0 Å². The first kappa shape index (κ1) is 11.4. The molecule has 4 nitrogen and oxygen atoms in total. The first-order valence-electron chi connectivity index (χ1n) is 3.84. The van der Waals surface area contributed by atoms with Gasteiger partial charge in [-0.05, 0) is 6.42 Å². The van der Waals surface area contributed by atoms with Crippen molar-refractivity contribution in [2.75, 3.05) is 0 Å². The SMILES string of the molecule is CCC(/C(C=O)=C/O)/C(C=O)=C/O. The Morgan fingerprint density at radius 2 is 1.54 bits per heavy atom. The van der Waals surface area contributed by atoms with E-state index in [0.29, 0.717) is 31.5 Å². The number of aldehydes is 2. The van der Waals surface area contributed by atoms with Gasteiger partial charge < -0.3 is 10.2 Å². The molecular weight excluding hydrogens is 172 g/mol. The summed E-state index contributed by atoms with van der Waals surface area (Å²) in [5.41, 5.74) is 0.157. The summed E-state index contributed by atoms with van der Waals surface area (Å²) < 4.78 is 0. The Labute approximate surface area is 76.2 Å². The Kier molecular flexibility index (Phi) is 5.27. The second kappa shape index (κ2) is 5.99. The van der Waals surface area contributed by atoms with Crippen LogP contribution in [0.5, 0.6) is 0 Å². The van der Waals surface area contributed by atoms with Gasteiger partial charge in [0.15, 0.2) is 0 Å². The Morgan fingerprint density at radius 3 is 1.69 bits per heavy atom. The molecule has 0 aromatic rings.